The molecule has 0 radical (unpaired) electrons. The number of nitrogens with one attached hydrogen (secondary N) is 1. The number of ether oxygens (including phenoxy) is 1. The summed E-state index contributed by atoms with van der Waals surface area (Å²) in [6.07, 6.45) is 1.55. The molecule has 0 saturated carbocycles. The first-order chi connectivity index (χ1) is 11.2. The molecule has 0 aliphatic carbocycles. The number of carboxylic acids is 1. The highest BCUT2D eigenvalue weighted by molar-refractivity contribution is 7.90. The van der Waals surface area contributed by atoms with Crippen LogP contribution in [0.25, 0.3) is 0 Å². The van der Waals surface area contributed by atoms with Crippen LogP contribution in [0.3, 0.4) is 0 Å². The Labute approximate surface area is 141 Å². The number of aliphatic carboxylic acids is 1. The molecular weight excluding hydrogens is 336 g/mol. The van der Waals surface area contributed by atoms with Gasteiger partial charge in [0, 0.05) is 26.4 Å². The van der Waals surface area contributed by atoms with Gasteiger partial charge < -0.3 is 20.1 Å². The Morgan fingerprint density at radius 3 is 2.67 bits per heavy atom. The van der Waals surface area contributed by atoms with Gasteiger partial charge in [0.2, 0.25) is 0 Å². The number of carbonyl (C=O) groups is 2. The summed E-state index contributed by atoms with van der Waals surface area (Å²) in [6.45, 7) is 0.817. The van der Waals surface area contributed by atoms with Crippen molar-refractivity contribution < 1.29 is 27.9 Å². The van der Waals surface area contributed by atoms with Crippen molar-refractivity contribution in [3.05, 3.63) is 24.3 Å². The van der Waals surface area contributed by atoms with Crippen LogP contribution in [0.15, 0.2) is 29.2 Å². The van der Waals surface area contributed by atoms with E-state index in [4.69, 9.17) is 9.84 Å². The number of rotatable bonds is 9. The number of amides is 2. The van der Waals surface area contributed by atoms with Crippen LogP contribution in [0, 0.1) is 0 Å². The maximum absolute atomic E-state index is 11.7. The first kappa shape index (κ1) is 19.8. The fraction of sp³-hybridized carbons (Fsp3) is 0.467. The lowest BCUT2D eigenvalue weighted by Crippen LogP contribution is -2.39. The highest BCUT2D eigenvalue weighted by atomic mass is 32.2. The van der Waals surface area contributed by atoms with Crippen molar-refractivity contribution in [3.8, 4) is 5.75 Å². The fourth-order valence-corrected chi connectivity index (χ4v) is 2.46. The Hall–Kier alpha value is -2.29. The average Bonchev–Trinajstić information content (AvgIpc) is 2.50. The third-order valence-electron chi connectivity index (χ3n) is 3.10. The van der Waals surface area contributed by atoms with E-state index >= 15 is 0 Å². The summed E-state index contributed by atoms with van der Waals surface area (Å²) in [6, 6.07) is 5.87. The van der Waals surface area contributed by atoms with Gasteiger partial charge in [-0.1, -0.05) is 6.07 Å². The van der Waals surface area contributed by atoms with Gasteiger partial charge in [0.05, 0.1) is 17.9 Å². The van der Waals surface area contributed by atoms with E-state index in [0.717, 1.165) is 6.26 Å². The summed E-state index contributed by atoms with van der Waals surface area (Å²) in [5, 5.41) is 11.0. The van der Waals surface area contributed by atoms with Crippen LogP contribution in [-0.4, -0.2) is 63.4 Å². The molecule has 1 aromatic rings. The van der Waals surface area contributed by atoms with E-state index in [1.54, 1.807) is 19.2 Å². The van der Waals surface area contributed by atoms with Gasteiger partial charge in [0.15, 0.2) is 9.84 Å². The minimum Gasteiger partial charge on any atom is -0.493 e. The van der Waals surface area contributed by atoms with E-state index in [0.29, 0.717) is 25.3 Å². The molecule has 0 heterocycles. The normalized spacial score (nSPS) is 10.9. The molecule has 2 amide bonds. The van der Waals surface area contributed by atoms with Gasteiger partial charge in [0.1, 0.15) is 5.75 Å². The number of hydrogen-bond acceptors (Lipinski definition) is 5. The molecule has 0 unspecified atom stereocenters. The van der Waals surface area contributed by atoms with Crippen LogP contribution in [0.5, 0.6) is 5.75 Å². The van der Waals surface area contributed by atoms with Gasteiger partial charge >= 0.3 is 12.0 Å². The van der Waals surface area contributed by atoms with Crippen molar-refractivity contribution in [3.63, 3.8) is 0 Å². The number of benzene rings is 1. The van der Waals surface area contributed by atoms with Crippen molar-refractivity contribution in [2.24, 2.45) is 0 Å². The minimum atomic E-state index is -3.28. The molecule has 8 nitrogen and oxygen atoms in total. The van der Waals surface area contributed by atoms with Gasteiger partial charge in [-0.2, -0.15) is 0 Å². The van der Waals surface area contributed by atoms with Crippen LogP contribution >= 0.6 is 0 Å². The zero-order valence-corrected chi connectivity index (χ0v) is 14.5. The van der Waals surface area contributed by atoms with Crippen molar-refractivity contribution in [1.29, 1.82) is 0 Å². The van der Waals surface area contributed by atoms with Crippen LogP contribution < -0.4 is 10.1 Å². The van der Waals surface area contributed by atoms with Gasteiger partial charge in [-0.3, -0.25) is 4.79 Å². The Kier molecular flexibility index (Phi) is 7.50. The van der Waals surface area contributed by atoms with E-state index in [1.165, 1.54) is 17.0 Å². The van der Waals surface area contributed by atoms with E-state index in [1.807, 2.05) is 0 Å². The number of carboxylic acid groups (broad SMARTS) is 1. The van der Waals surface area contributed by atoms with E-state index in [-0.39, 0.29) is 23.9 Å². The largest absolute Gasteiger partial charge is 0.493 e. The molecule has 9 heteroatoms. The maximum atomic E-state index is 11.7. The second-order valence-corrected chi connectivity index (χ2v) is 7.26. The molecular formula is C15H22N2O6S. The molecule has 0 atom stereocenters. The summed E-state index contributed by atoms with van der Waals surface area (Å²) in [5.74, 6) is -0.519. The predicted molar refractivity (Wildman–Crippen MR) is 87.9 cm³/mol. The highest BCUT2D eigenvalue weighted by Gasteiger charge is 2.09. The second kappa shape index (κ2) is 9.11. The minimum absolute atomic E-state index is 0.0767. The Morgan fingerprint density at radius 1 is 1.33 bits per heavy atom. The molecule has 134 valence electrons. The lowest BCUT2D eigenvalue weighted by molar-refractivity contribution is -0.136. The zero-order chi connectivity index (χ0) is 18.2. The summed E-state index contributed by atoms with van der Waals surface area (Å²) in [7, 11) is -1.68. The molecule has 0 saturated heterocycles. The van der Waals surface area contributed by atoms with Crippen molar-refractivity contribution in [1.82, 2.24) is 10.2 Å². The van der Waals surface area contributed by atoms with E-state index in [2.05, 4.69) is 5.32 Å². The van der Waals surface area contributed by atoms with Crippen LogP contribution in [-0.2, 0) is 14.6 Å². The maximum Gasteiger partial charge on any atom is 0.317 e. The Morgan fingerprint density at radius 2 is 2.04 bits per heavy atom. The molecule has 0 aromatic heterocycles. The molecule has 1 rings (SSSR count). The molecule has 1 aromatic carbocycles. The van der Waals surface area contributed by atoms with E-state index < -0.39 is 15.8 Å². The number of carbonyl (C=O) groups excluding carboxylic acids is 1. The summed E-state index contributed by atoms with van der Waals surface area (Å²) in [5.41, 5.74) is 0. The van der Waals surface area contributed by atoms with Crippen molar-refractivity contribution in [2.45, 2.75) is 17.7 Å². The van der Waals surface area contributed by atoms with E-state index in [9.17, 15) is 18.0 Å². The molecule has 0 bridgehead atoms. The lowest BCUT2D eigenvalue weighted by atomic mass is 10.3. The van der Waals surface area contributed by atoms with Crippen LogP contribution in [0.1, 0.15) is 12.8 Å². The summed E-state index contributed by atoms with van der Waals surface area (Å²) >= 11 is 0. The molecule has 0 aliphatic rings. The Balaban J connectivity index is 2.33. The van der Waals surface area contributed by atoms with Crippen LogP contribution in [0.2, 0.25) is 0 Å². The quantitative estimate of drug-likeness (QED) is 0.636. The molecule has 2 N–H and O–H groups in total. The average molecular weight is 358 g/mol. The molecule has 0 aliphatic heterocycles. The van der Waals surface area contributed by atoms with Gasteiger partial charge in [0.25, 0.3) is 0 Å². The monoisotopic (exact) mass is 358 g/mol. The zero-order valence-electron chi connectivity index (χ0n) is 13.7. The van der Waals surface area contributed by atoms with Gasteiger partial charge in [-0.15, -0.1) is 0 Å². The third kappa shape index (κ3) is 7.32. The number of sulfone groups is 1. The smallest absolute Gasteiger partial charge is 0.317 e. The first-order valence-electron chi connectivity index (χ1n) is 7.34. The van der Waals surface area contributed by atoms with Crippen LogP contribution in [0.4, 0.5) is 4.79 Å². The fourth-order valence-electron chi connectivity index (χ4n) is 1.80. The van der Waals surface area contributed by atoms with Crippen molar-refractivity contribution >= 4 is 21.8 Å². The summed E-state index contributed by atoms with van der Waals surface area (Å²) < 4.78 is 28.4. The first-order valence-corrected chi connectivity index (χ1v) is 9.23. The Bertz CT molecular complexity index is 674. The summed E-state index contributed by atoms with van der Waals surface area (Å²) in [4.78, 5) is 23.6. The predicted octanol–water partition coefficient (Wildman–Crippen LogP) is 0.975. The van der Waals surface area contributed by atoms with Gasteiger partial charge in [-0.05, 0) is 24.6 Å². The lowest BCUT2D eigenvalue weighted by Gasteiger charge is -2.17. The SMILES string of the molecule is CN(CCCOc1cccc(S(C)(=O)=O)c1)C(=O)NCCC(=O)O. The van der Waals surface area contributed by atoms with Gasteiger partial charge in [-0.25, -0.2) is 13.2 Å². The molecule has 24 heavy (non-hydrogen) atoms. The second-order valence-electron chi connectivity index (χ2n) is 5.25. The standard InChI is InChI=1S/C15H22N2O6S/c1-17(15(20)16-8-7-14(18)19)9-4-10-23-12-5-3-6-13(11-12)24(2,21)22/h3,5-6,11H,4,7-10H2,1-2H3,(H,16,20)(H,18,19). The highest BCUT2D eigenvalue weighted by Crippen LogP contribution is 2.17. The molecule has 0 spiro atoms. The molecule has 0 fully saturated rings. The third-order valence-corrected chi connectivity index (χ3v) is 4.21. The number of urea groups is 1. The number of hydrogen-bond donors (Lipinski definition) is 2. The van der Waals surface area contributed by atoms with Crippen molar-refractivity contribution in [2.75, 3.05) is 33.0 Å². The number of nitrogens with zero attached hydrogens (tertiary/aromatic N) is 1. The topological polar surface area (TPSA) is 113 Å².